The highest BCUT2D eigenvalue weighted by Gasteiger charge is 2.19. The minimum atomic E-state index is -1.60. The lowest BCUT2D eigenvalue weighted by Crippen LogP contribution is -2.06. The normalized spacial score (nSPS) is 10.4. The number of benzene rings is 2. The van der Waals surface area contributed by atoms with Gasteiger partial charge in [0.1, 0.15) is 5.75 Å². The van der Waals surface area contributed by atoms with E-state index in [-0.39, 0.29) is 16.9 Å². The molecule has 0 heterocycles. The van der Waals surface area contributed by atoms with Crippen LogP contribution in [0.4, 0.5) is 13.2 Å². The van der Waals surface area contributed by atoms with E-state index in [1.165, 1.54) is 7.11 Å². The topological polar surface area (TPSA) is 26.3 Å². The number of carbonyl (C=O) groups is 1. The van der Waals surface area contributed by atoms with Crippen LogP contribution in [0.25, 0.3) is 0 Å². The first-order valence-electron chi connectivity index (χ1n) is 5.78. The van der Waals surface area contributed by atoms with Gasteiger partial charge < -0.3 is 4.74 Å². The summed E-state index contributed by atoms with van der Waals surface area (Å²) in [6.45, 7) is 1.77. The zero-order valence-corrected chi connectivity index (χ0v) is 10.8. The summed E-state index contributed by atoms with van der Waals surface area (Å²) in [6, 6.07) is 6.20. The van der Waals surface area contributed by atoms with Crippen molar-refractivity contribution in [2.45, 2.75) is 6.92 Å². The van der Waals surface area contributed by atoms with Gasteiger partial charge >= 0.3 is 0 Å². The molecule has 2 aromatic carbocycles. The van der Waals surface area contributed by atoms with E-state index < -0.39 is 23.2 Å². The van der Waals surface area contributed by atoms with Crippen LogP contribution in [-0.4, -0.2) is 12.9 Å². The van der Waals surface area contributed by atoms with Gasteiger partial charge in [-0.25, -0.2) is 13.2 Å². The van der Waals surface area contributed by atoms with Crippen LogP contribution < -0.4 is 4.74 Å². The number of methoxy groups -OCH3 is 1. The number of carbonyl (C=O) groups excluding carboxylic acids is 1. The fraction of sp³-hybridized carbons (Fsp3) is 0.133. The predicted octanol–water partition coefficient (Wildman–Crippen LogP) is 3.65. The second kappa shape index (κ2) is 5.36. The lowest BCUT2D eigenvalue weighted by Gasteiger charge is -2.09. The number of ketones is 1. The molecular formula is C15H11F3O2. The van der Waals surface area contributed by atoms with Gasteiger partial charge in [0.15, 0.2) is 23.2 Å². The van der Waals surface area contributed by atoms with Crippen molar-refractivity contribution in [3.8, 4) is 5.75 Å². The van der Waals surface area contributed by atoms with Gasteiger partial charge in [-0.3, -0.25) is 4.79 Å². The van der Waals surface area contributed by atoms with Crippen LogP contribution in [0.2, 0.25) is 0 Å². The zero-order valence-electron chi connectivity index (χ0n) is 10.8. The lowest BCUT2D eigenvalue weighted by molar-refractivity contribution is 0.103. The molecule has 0 fully saturated rings. The predicted molar refractivity (Wildman–Crippen MR) is 67.5 cm³/mol. The van der Waals surface area contributed by atoms with E-state index in [0.717, 1.165) is 5.56 Å². The third-order valence-corrected chi connectivity index (χ3v) is 2.85. The summed E-state index contributed by atoms with van der Waals surface area (Å²) >= 11 is 0. The Labute approximate surface area is 113 Å². The molecule has 0 spiro atoms. The van der Waals surface area contributed by atoms with Crippen LogP contribution in [0.3, 0.4) is 0 Å². The minimum Gasteiger partial charge on any atom is -0.496 e. The van der Waals surface area contributed by atoms with Crippen LogP contribution in [-0.2, 0) is 0 Å². The van der Waals surface area contributed by atoms with E-state index in [4.69, 9.17) is 4.74 Å². The highest BCUT2D eigenvalue weighted by molar-refractivity contribution is 6.10. The summed E-state index contributed by atoms with van der Waals surface area (Å²) in [4.78, 5) is 12.3. The van der Waals surface area contributed by atoms with E-state index in [1.54, 1.807) is 25.1 Å². The maximum atomic E-state index is 13.2. The number of hydrogen-bond acceptors (Lipinski definition) is 2. The summed E-state index contributed by atoms with van der Waals surface area (Å²) < 4.78 is 44.3. The molecule has 0 N–H and O–H groups in total. The van der Waals surface area contributed by atoms with Crippen LogP contribution in [0, 0.1) is 24.4 Å². The van der Waals surface area contributed by atoms with Gasteiger partial charge in [-0.05, 0) is 31.2 Å². The summed E-state index contributed by atoms with van der Waals surface area (Å²) in [5, 5.41) is 0. The van der Waals surface area contributed by atoms with Crippen molar-refractivity contribution in [2.24, 2.45) is 0 Å². The molecule has 2 aromatic rings. The minimum absolute atomic E-state index is 0.165. The molecule has 2 nitrogen and oxygen atoms in total. The summed E-state index contributed by atoms with van der Waals surface area (Å²) in [7, 11) is 1.38. The molecule has 0 aliphatic heterocycles. The number of hydrogen-bond donors (Lipinski definition) is 0. The van der Waals surface area contributed by atoms with Crippen molar-refractivity contribution in [3.05, 3.63) is 64.5 Å². The number of aryl methyl sites for hydroxylation is 1. The Balaban J connectivity index is 2.54. The van der Waals surface area contributed by atoms with Gasteiger partial charge in [0.25, 0.3) is 0 Å². The number of rotatable bonds is 3. The second-order valence-electron chi connectivity index (χ2n) is 4.29. The van der Waals surface area contributed by atoms with Gasteiger partial charge in [0.05, 0.1) is 12.7 Å². The van der Waals surface area contributed by atoms with E-state index in [2.05, 4.69) is 0 Å². The third-order valence-electron chi connectivity index (χ3n) is 2.85. The van der Waals surface area contributed by atoms with Crippen molar-refractivity contribution in [2.75, 3.05) is 7.11 Å². The van der Waals surface area contributed by atoms with E-state index in [0.29, 0.717) is 12.1 Å². The maximum absolute atomic E-state index is 13.2. The Morgan fingerprint density at radius 2 is 1.65 bits per heavy atom. The molecular weight excluding hydrogens is 269 g/mol. The molecule has 0 aromatic heterocycles. The Bertz CT molecular complexity index is 658. The first kappa shape index (κ1) is 14.1. The molecule has 5 heteroatoms. The summed E-state index contributed by atoms with van der Waals surface area (Å²) in [6.07, 6.45) is 0. The van der Waals surface area contributed by atoms with E-state index in [1.807, 2.05) is 0 Å². The molecule has 0 aliphatic carbocycles. The van der Waals surface area contributed by atoms with Gasteiger partial charge in [0.2, 0.25) is 0 Å². The number of halogens is 3. The van der Waals surface area contributed by atoms with Gasteiger partial charge in [-0.2, -0.15) is 0 Å². The highest BCUT2D eigenvalue weighted by Crippen LogP contribution is 2.24. The molecule has 0 saturated heterocycles. The average molecular weight is 280 g/mol. The van der Waals surface area contributed by atoms with E-state index >= 15 is 0 Å². The molecule has 0 radical (unpaired) electrons. The Hall–Kier alpha value is -2.30. The van der Waals surface area contributed by atoms with Crippen LogP contribution in [0.1, 0.15) is 21.5 Å². The molecule has 20 heavy (non-hydrogen) atoms. The van der Waals surface area contributed by atoms with Crippen LogP contribution in [0.5, 0.6) is 5.75 Å². The van der Waals surface area contributed by atoms with Crippen LogP contribution in [0.15, 0.2) is 30.3 Å². The van der Waals surface area contributed by atoms with E-state index in [9.17, 15) is 18.0 Å². The summed E-state index contributed by atoms with van der Waals surface area (Å²) in [5.41, 5.74) is 0.681. The Morgan fingerprint density at radius 3 is 2.20 bits per heavy atom. The quantitative estimate of drug-likeness (QED) is 0.633. The molecule has 0 atom stereocenters. The average Bonchev–Trinajstić information content (AvgIpc) is 2.43. The van der Waals surface area contributed by atoms with Crippen molar-refractivity contribution in [1.29, 1.82) is 0 Å². The van der Waals surface area contributed by atoms with Gasteiger partial charge in [-0.15, -0.1) is 0 Å². The maximum Gasteiger partial charge on any atom is 0.196 e. The SMILES string of the molecule is COc1ccc(C)cc1C(=O)c1cc(F)c(F)c(F)c1. The summed E-state index contributed by atoms with van der Waals surface area (Å²) in [5.74, 6) is -4.76. The van der Waals surface area contributed by atoms with Crippen molar-refractivity contribution >= 4 is 5.78 Å². The molecule has 0 bridgehead atoms. The largest absolute Gasteiger partial charge is 0.496 e. The highest BCUT2D eigenvalue weighted by atomic mass is 19.2. The molecule has 104 valence electrons. The second-order valence-corrected chi connectivity index (χ2v) is 4.29. The fourth-order valence-electron chi connectivity index (χ4n) is 1.84. The molecule has 0 amide bonds. The number of ether oxygens (including phenoxy) is 1. The Morgan fingerprint density at radius 1 is 1.05 bits per heavy atom. The van der Waals surface area contributed by atoms with Crippen LogP contribution >= 0.6 is 0 Å². The molecule has 0 aliphatic rings. The first-order chi connectivity index (χ1) is 9.43. The Kier molecular flexibility index (Phi) is 3.79. The zero-order chi connectivity index (χ0) is 14.9. The molecule has 2 rings (SSSR count). The molecule has 0 unspecified atom stereocenters. The lowest BCUT2D eigenvalue weighted by atomic mass is 10.0. The van der Waals surface area contributed by atoms with Crippen molar-refractivity contribution < 1.29 is 22.7 Å². The van der Waals surface area contributed by atoms with Gasteiger partial charge in [0, 0.05) is 5.56 Å². The molecule has 0 saturated carbocycles. The van der Waals surface area contributed by atoms with Gasteiger partial charge in [-0.1, -0.05) is 11.6 Å². The van der Waals surface area contributed by atoms with Crippen molar-refractivity contribution in [1.82, 2.24) is 0 Å². The first-order valence-corrected chi connectivity index (χ1v) is 5.78. The third kappa shape index (κ3) is 2.52. The smallest absolute Gasteiger partial charge is 0.196 e. The standard InChI is InChI=1S/C15H11F3O2/c1-8-3-4-13(20-2)10(5-8)15(19)9-6-11(16)14(18)12(17)7-9/h3-7H,1-2H3. The van der Waals surface area contributed by atoms with Crippen molar-refractivity contribution in [3.63, 3.8) is 0 Å². The monoisotopic (exact) mass is 280 g/mol. The fourth-order valence-corrected chi connectivity index (χ4v) is 1.84.